The number of aromatic nitrogens is 1. The number of nitrogen functional groups attached to an aromatic ring is 1. The molecule has 5 heteroatoms. The molecule has 0 aliphatic rings. The summed E-state index contributed by atoms with van der Waals surface area (Å²) in [6.45, 7) is 3.18. The number of anilines is 1. The molecule has 0 atom stereocenters. The summed E-state index contributed by atoms with van der Waals surface area (Å²) in [7, 11) is 0. The van der Waals surface area contributed by atoms with Crippen molar-refractivity contribution >= 4 is 28.2 Å². The number of halogens is 2. The largest absolute Gasteiger partial charge is 0.492 e. The van der Waals surface area contributed by atoms with Gasteiger partial charge in [0.2, 0.25) is 0 Å². The Bertz CT molecular complexity index is 812. The quantitative estimate of drug-likeness (QED) is 0.724. The molecule has 0 aliphatic heterocycles. The van der Waals surface area contributed by atoms with E-state index in [1.54, 1.807) is 18.2 Å². The van der Waals surface area contributed by atoms with Crippen LogP contribution < -0.4 is 10.5 Å². The second-order valence-electron chi connectivity index (χ2n) is 5.14. The number of benzene rings is 2. The molecule has 114 valence electrons. The molecule has 3 rings (SSSR count). The average molecular weight is 319 g/mol. The van der Waals surface area contributed by atoms with Crippen LogP contribution in [0.4, 0.5) is 10.1 Å². The number of ether oxygens (including phenoxy) is 1. The molecule has 3 aromatic rings. The van der Waals surface area contributed by atoms with Crippen molar-refractivity contribution < 1.29 is 9.13 Å². The highest BCUT2D eigenvalue weighted by molar-refractivity contribution is 6.38. The first-order valence-electron chi connectivity index (χ1n) is 6.98. The molecule has 2 aromatic carbocycles. The van der Waals surface area contributed by atoms with Crippen molar-refractivity contribution in [3.05, 3.63) is 59.0 Å². The van der Waals surface area contributed by atoms with Crippen molar-refractivity contribution in [2.75, 3.05) is 12.3 Å². The van der Waals surface area contributed by atoms with Gasteiger partial charge < -0.3 is 15.0 Å². The molecule has 0 bridgehead atoms. The minimum absolute atomic E-state index is 0.271. The zero-order valence-corrected chi connectivity index (χ0v) is 12.9. The molecule has 0 fully saturated rings. The maximum Gasteiger partial charge on any atom is 0.123 e. The number of hydrogen-bond donors (Lipinski definition) is 1. The van der Waals surface area contributed by atoms with E-state index in [0.717, 1.165) is 16.6 Å². The minimum atomic E-state index is -0.271. The van der Waals surface area contributed by atoms with Gasteiger partial charge in [-0.1, -0.05) is 11.6 Å². The molecule has 0 spiro atoms. The smallest absolute Gasteiger partial charge is 0.123 e. The first-order valence-corrected chi connectivity index (χ1v) is 7.36. The molecule has 0 saturated heterocycles. The van der Waals surface area contributed by atoms with Gasteiger partial charge in [0, 0.05) is 16.6 Å². The van der Waals surface area contributed by atoms with Gasteiger partial charge in [-0.3, -0.25) is 0 Å². The lowest BCUT2D eigenvalue weighted by Crippen LogP contribution is -2.09. The van der Waals surface area contributed by atoms with Gasteiger partial charge in [0.25, 0.3) is 0 Å². The summed E-state index contributed by atoms with van der Waals surface area (Å²) in [6, 6.07) is 11.8. The first kappa shape index (κ1) is 14.7. The average Bonchev–Trinajstić information content (AvgIpc) is 2.82. The van der Waals surface area contributed by atoms with Gasteiger partial charge in [0.15, 0.2) is 0 Å². The number of hydrogen-bond acceptors (Lipinski definition) is 2. The summed E-state index contributed by atoms with van der Waals surface area (Å²) < 4.78 is 20.6. The van der Waals surface area contributed by atoms with Gasteiger partial charge >= 0.3 is 0 Å². The van der Waals surface area contributed by atoms with E-state index in [0.29, 0.717) is 29.6 Å². The van der Waals surface area contributed by atoms with E-state index in [9.17, 15) is 4.39 Å². The Morgan fingerprint density at radius 3 is 2.64 bits per heavy atom. The van der Waals surface area contributed by atoms with E-state index in [-0.39, 0.29) is 5.82 Å². The molecular weight excluding hydrogens is 303 g/mol. The van der Waals surface area contributed by atoms with Crippen LogP contribution in [0.3, 0.4) is 0 Å². The molecule has 0 amide bonds. The standard InChI is InChI=1S/C17H16ClFN2O/c1-11-10-14-16(7-6-15(20)17(14)18)21(11)8-9-22-13-4-2-12(19)3-5-13/h2-7,10H,8-9,20H2,1H3. The summed E-state index contributed by atoms with van der Waals surface area (Å²) in [5, 5.41) is 1.53. The third-order valence-electron chi connectivity index (χ3n) is 3.65. The Balaban J connectivity index is 1.78. The van der Waals surface area contributed by atoms with Crippen molar-refractivity contribution in [3.8, 4) is 5.75 Å². The van der Waals surface area contributed by atoms with Crippen molar-refractivity contribution in [1.29, 1.82) is 0 Å². The van der Waals surface area contributed by atoms with E-state index >= 15 is 0 Å². The van der Waals surface area contributed by atoms with E-state index in [1.807, 2.05) is 19.1 Å². The van der Waals surface area contributed by atoms with Crippen LogP contribution in [-0.4, -0.2) is 11.2 Å². The second-order valence-corrected chi connectivity index (χ2v) is 5.52. The van der Waals surface area contributed by atoms with E-state index in [2.05, 4.69) is 4.57 Å². The van der Waals surface area contributed by atoms with Crippen LogP contribution in [0.15, 0.2) is 42.5 Å². The number of nitrogens with zero attached hydrogens (tertiary/aromatic N) is 1. The predicted octanol–water partition coefficient (Wildman–Crippen LogP) is 4.40. The van der Waals surface area contributed by atoms with Crippen LogP contribution in [-0.2, 0) is 6.54 Å². The van der Waals surface area contributed by atoms with Gasteiger partial charge in [-0.2, -0.15) is 0 Å². The second kappa shape index (κ2) is 5.89. The third kappa shape index (κ3) is 2.74. The summed E-state index contributed by atoms with van der Waals surface area (Å²) >= 11 is 6.25. The third-order valence-corrected chi connectivity index (χ3v) is 4.08. The highest BCUT2D eigenvalue weighted by Crippen LogP contribution is 2.31. The summed E-state index contributed by atoms with van der Waals surface area (Å²) in [5.41, 5.74) is 8.53. The van der Waals surface area contributed by atoms with E-state index < -0.39 is 0 Å². The Morgan fingerprint density at radius 2 is 1.91 bits per heavy atom. The number of nitrogens with two attached hydrogens (primary N) is 1. The highest BCUT2D eigenvalue weighted by Gasteiger charge is 2.10. The first-order chi connectivity index (χ1) is 10.6. The lowest BCUT2D eigenvalue weighted by molar-refractivity contribution is 0.299. The fraction of sp³-hybridized carbons (Fsp3) is 0.176. The van der Waals surface area contributed by atoms with Crippen molar-refractivity contribution in [3.63, 3.8) is 0 Å². The summed E-state index contributed by atoms with van der Waals surface area (Å²) in [6.07, 6.45) is 0. The molecule has 0 saturated carbocycles. The van der Waals surface area contributed by atoms with Gasteiger partial charge in [-0.15, -0.1) is 0 Å². The number of rotatable bonds is 4. The maximum atomic E-state index is 12.8. The van der Waals surface area contributed by atoms with Crippen LogP contribution in [0.25, 0.3) is 10.9 Å². The fourth-order valence-corrected chi connectivity index (χ4v) is 2.75. The van der Waals surface area contributed by atoms with Crippen molar-refractivity contribution in [2.45, 2.75) is 13.5 Å². The van der Waals surface area contributed by atoms with Crippen LogP contribution in [0.1, 0.15) is 5.69 Å². The Labute approximate surface area is 133 Å². The lowest BCUT2D eigenvalue weighted by Gasteiger charge is -2.10. The molecule has 1 aromatic heterocycles. The van der Waals surface area contributed by atoms with Crippen molar-refractivity contribution in [1.82, 2.24) is 4.57 Å². The Hall–Kier alpha value is -2.20. The van der Waals surface area contributed by atoms with Gasteiger partial charge in [0.1, 0.15) is 18.2 Å². The molecule has 0 radical (unpaired) electrons. The van der Waals surface area contributed by atoms with Gasteiger partial charge in [0.05, 0.1) is 17.3 Å². The molecule has 22 heavy (non-hydrogen) atoms. The zero-order chi connectivity index (χ0) is 15.7. The molecule has 0 aliphatic carbocycles. The van der Waals surface area contributed by atoms with Crippen molar-refractivity contribution in [2.24, 2.45) is 0 Å². The summed E-state index contributed by atoms with van der Waals surface area (Å²) in [5.74, 6) is 0.379. The SMILES string of the molecule is Cc1cc2c(Cl)c(N)ccc2n1CCOc1ccc(F)cc1. The van der Waals surface area contributed by atoms with E-state index in [4.69, 9.17) is 22.1 Å². The van der Waals surface area contributed by atoms with Gasteiger partial charge in [-0.25, -0.2) is 4.39 Å². The Kier molecular flexibility index (Phi) is 3.94. The number of fused-ring (bicyclic) bond motifs is 1. The van der Waals surface area contributed by atoms with Crippen LogP contribution >= 0.6 is 11.6 Å². The van der Waals surface area contributed by atoms with Crippen LogP contribution in [0.2, 0.25) is 5.02 Å². The van der Waals surface area contributed by atoms with Gasteiger partial charge in [-0.05, 0) is 49.4 Å². The maximum absolute atomic E-state index is 12.8. The minimum Gasteiger partial charge on any atom is -0.492 e. The van der Waals surface area contributed by atoms with Crippen LogP contribution in [0, 0.1) is 12.7 Å². The molecular formula is C17H16ClFN2O. The summed E-state index contributed by atoms with van der Waals surface area (Å²) in [4.78, 5) is 0. The molecule has 3 nitrogen and oxygen atoms in total. The molecule has 0 unspecified atom stereocenters. The molecule has 2 N–H and O–H groups in total. The fourth-order valence-electron chi connectivity index (χ4n) is 2.53. The number of aryl methyl sites for hydroxylation is 1. The zero-order valence-electron chi connectivity index (χ0n) is 12.1. The monoisotopic (exact) mass is 318 g/mol. The lowest BCUT2D eigenvalue weighted by atomic mass is 10.2. The van der Waals surface area contributed by atoms with E-state index in [1.165, 1.54) is 12.1 Å². The topological polar surface area (TPSA) is 40.2 Å². The van der Waals surface area contributed by atoms with Crippen LogP contribution in [0.5, 0.6) is 5.75 Å². The Morgan fingerprint density at radius 1 is 1.18 bits per heavy atom. The highest BCUT2D eigenvalue weighted by atomic mass is 35.5. The molecule has 1 heterocycles. The predicted molar refractivity (Wildman–Crippen MR) is 88.0 cm³/mol. The normalized spacial score (nSPS) is 11.0.